The number of rotatable bonds is 0. The Kier molecular flexibility index (Phi) is 15.4. The van der Waals surface area contributed by atoms with E-state index in [0.717, 1.165) is 0 Å². The van der Waals surface area contributed by atoms with Crippen LogP contribution in [0.1, 0.15) is 34.6 Å². The molecular weight excluding hydrogens is 351 g/mol. The van der Waals surface area contributed by atoms with Crippen molar-refractivity contribution < 1.29 is 21.1 Å². The SMILES string of the molecule is C[C]1[C](C)[C](C)[C](C)[C]1C.[CH3-].[CH3-].[CH3-].[Pt]. The van der Waals surface area contributed by atoms with Crippen LogP contribution in [0.4, 0.5) is 0 Å². The molecule has 0 bridgehead atoms. The van der Waals surface area contributed by atoms with Crippen molar-refractivity contribution in [3.63, 3.8) is 0 Å². The molecule has 0 aromatic carbocycles. The van der Waals surface area contributed by atoms with E-state index in [4.69, 9.17) is 0 Å². The van der Waals surface area contributed by atoms with Crippen LogP contribution >= 0.6 is 0 Å². The predicted octanol–water partition coefficient (Wildman–Crippen LogP) is 4.32. The Balaban J connectivity index is -0.000000125. The zero-order valence-corrected chi connectivity index (χ0v) is 13.1. The molecule has 0 amide bonds. The number of hydrogen-bond acceptors (Lipinski definition) is 0. The summed E-state index contributed by atoms with van der Waals surface area (Å²) in [5.74, 6) is 7.34. The topological polar surface area (TPSA) is 0 Å². The Morgan fingerprint density at radius 1 is 0.429 bits per heavy atom. The van der Waals surface area contributed by atoms with Gasteiger partial charge < -0.3 is 22.3 Å². The molecule has 89 valence electrons. The fourth-order valence-electron chi connectivity index (χ4n) is 1.41. The van der Waals surface area contributed by atoms with Crippen LogP contribution in [0, 0.1) is 51.9 Å². The van der Waals surface area contributed by atoms with Gasteiger partial charge >= 0.3 is 0 Å². The van der Waals surface area contributed by atoms with Crippen molar-refractivity contribution in [2.75, 3.05) is 0 Å². The summed E-state index contributed by atoms with van der Waals surface area (Å²) in [7, 11) is 0. The number of hydrogen-bond donors (Lipinski definition) is 0. The molecule has 14 heavy (non-hydrogen) atoms. The summed E-state index contributed by atoms with van der Waals surface area (Å²) in [5, 5.41) is 0. The second-order valence-electron chi connectivity index (χ2n) is 3.12. The molecule has 0 saturated heterocycles. The van der Waals surface area contributed by atoms with Gasteiger partial charge in [-0.3, -0.25) is 0 Å². The Hall–Kier alpha value is 0.688. The quantitative estimate of drug-likeness (QED) is 0.553. The molecule has 1 aliphatic rings. The summed E-state index contributed by atoms with van der Waals surface area (Å²) in [6, 6.07) is 0. The van der Waals surface area contributed by atoms with Gasteiger partial charge in [0.25, 0.3) is 0 Å². The molecule has 0 aromatic rings. The van der Waals surface area contributed by atoms with Crippen LogP contribution in [0.5, 0.6) is 0 Å². The molecule has 0 atom stereocenters. The van der Waals surface area contributed by atoms with Crippen LogP contribution in [-0.4, -0.2) is 0 Å². The van der Waals surface area contributed by atoms with Crippen LogP contribution in [0.25, 0.3) is 0 Å². The van der Waals surface area contributed by atoms with E-state index in [2.05, 4.69) is 34.6 Å². The van der Waals surface area contributed by atoms with Gasteiger partial charge in [-0.1, -0.05) is 34.6 Å². The van der Waals surface area contributed by atoms with Gasteiger partial charge in [-0.15, -0.1) is 0 Å². The van der Waals surface area contributed by atoms with Gasteiger partial charge in [0.05, 0.1) is 0 Å². The standard InChI is InChI=1S/C10H15.3CH3.Pt/c1-6-7(2)9(4)10(5)8(6)3;;;;/h1-5H3;3*1H3;/q;3*-1;. The summed E-state index contributed by atoms with van der Waals surface area (Å²) in [6.45, 7) is 11.0. The molecule has 1 heteroatoms. The summed E-state index contributed by atoms with van der Waals surface area (Å²) < 4.78 is 0. The van der Waals surface area contributed by atoms with Gasteiger partial charge in [-0.25, -0.2) is 0 Å². The van der Waals surface area contributed by atoms with Crippen LogP contribution in [0.3, 0.4) is 0 Å². The fourth-order valence-corrected chi connectivity index (χ4v) is 1.41. The molecule has 1 aliphatic carbocycles. The molecule has 0 spiro atoms. The van der Waals surface area contributed by atoms with E-state index in [1.807, 2.05) is 0 Å². The summed E-state index contributed by atoms with van der Waals surface area (Å²) >= 11 is 0. The van der Waals surface area contributed by atoms with Crippen molar-refractivity contribution in [1.82, 2.24) is 0 Å². The predicted molar refractivity (Wildman–Crippen MR) is 63.8 cm³/mol. The normalized spacial score (nSPS) is 20.4. The van der Waals surface area contributed by atoms with E-state index in [9.17, 15) is 0 Å². The zero-order valence-electron chi connectivity index (χ0n) is 10.8. The summed E-state index contributed by atoms with van der Waals surface area (Å²) in [5.41, 5.74) is 0. The zero-order chi connectivity index (χ0) is 7.89. The van der Waals surface area contributed by atoms with Crippen LogP contribution in [-0.2, 0) is 21.1 Å². The molecule has 0 unspecified atom stereocenters. The average Bonchev–Trinajstić information content (AvgIpc) is 2.07. The minimum Gasteiger partial charge on any atom is -0.358 e. The monoisotopic (exact) mass is 375 g/mol. The van der Waals surface area contributed by atoms with E-state index in [1.165, 1.54) is 29.6 Å². The first kappa shape index (κ1) is 24.1. The van der Waals surface area contributed by atoms with Crippen LogP contribution in [0.15, 0.2) is 0 Å². The van der Waals surface area contributed by atoms with Crippen molar-refractivity contribution in [2.45, 2.75) is 34.6 Å². The molecule has 1 fully saturated rings. The average molecular weight is 375 g/mol. The Labute approximate surface area is 108 Å². The second kappa shape index (κ2) is 8.95. The third-order valence-electron chi connectivity index (χ3n) is 2.81. The van der Waals surface area contributed by atoms with Crippen LogP contribution in [0.2, 0.25) is 0 Å². The first-order valence-electron chi connectivity index (χ1n) is 3.75. The molecular formula is C13H24Pt-3. The van der Waals surface area contributed by atoms with Gasteiger partial charge in [-0.2, -0.15) is 0 Å². The van der Waals surface area contributed by atoms with Gasteiger partial charge in [0, 0.05) is 21.1 Å². The summed E-state index contributed by atoms with van der Waals surface area (Å²) in [4.78, 5) is 0. The maximum Gasteiger partial charge on any atom is 0 e. The second-order valence-corrected chi connectivity index (χ2v) is 3.12. The van der Waals surface area contributed by atoms with E-state index in [-0.39, 0.29) is 43.3 Å². The van der Waals surface area contributed by atoms with Crippen molar-refractivity contribution >= 4 is 0 Å². The van der Waals surface area contributed by atoms with E-state index < -0.39 is 0 Å². The Morgan fingerprint density at radius 3 is 0.571 bits per heavy atom. The largest absolute Gasteiger partial charge is 0.358 e. The van der Waals surface area contributed by atoms with Crippen molar-refractivity contribution in [2.24, 2.45) is 0 Å². The Bertz CT molecular complexity index is 77.6. The van der Waals surface area contributed by atoms with Gasteiger partial charge in [-0.05, 0) is 29.6 Å². The maximum absolute atomic E-state index is 2.20. The van der Waals surface area contributed by atoms with E-state index >= 15 is 0 Å². The van der Waals surface area contributed by atoms with Gasteiger partial charge in [0.2, 0.25) is 0 Å². The molecule has 0 aliphatic heterocycles. The van der Waals surface area contributed by atoms with Crippen molar-refractivity contribution in [3.8, 4) is 0 Å². The smallest absolute Gasteiger partial charge is 0 e. The van der Waals surface area contributed by atoms with Gasteiger partial charge in [0.15, 0.2) is 0 Å². The summed E-state index contributed by atoms with van der Waals surface area (Å²) in [6.07, 6.45) is 0. The Morgan fingerprint density at radius 2 is 0.500 bits per heavy atom. The molecule has 0 heterocycles. The van der Waals surface area contributed by atoms with E-state index in [0.29, 0.717) is 0 Å². The van der Waals surface area contributed by atoms with E-state index in [1.54, 1.807) is 0 Å². The minimum atomic E-state index is 0. The maximum atomic E-state index is 2.20. The molecule has 1 saturated carbocycles. The molecule has 1 rings (SSSR count). The first-order chi connectivity index (χ1) is 4.55. The molecule has 0 N–H and O–H groups in total. The van der Waals surface area contributed by atoms with Crippen LogP contribution < -0.4 is 0 Å². The first-order valence-corrected chi connectivity index (χ1v) is 3.75. The van der Waals surface area contributed by atoms with Crippen molar-refractivity contribution in [3.05, 3.63) is 51.9 Å². The molecule has 0 aromatic heterocycles. The third-order valence-corrected chi connectivity index (χ3v) is 2.81. The third kappa shape index (κ3) is 4.05. The van der Waals surface area contributed by atoms with Crippen molar-refractivity contribution in [1.29, 1.82) is 0 Å². The fraction of sp³-hybridized carbons (Fsp3) is 0.385. The van der Waals surface area contributed by atoms with Gasteiger partial charge in [0.1, 0.15) is 0 Å². The minimum absolute atomic E-state index is 0. The molecule has 0 nitrogen and oxygen atoms in total. The molecule has 5 radical (unpaired) electrons.